The molecule has 2 rings (SSSR count). The van der Waals surface area contributed by atoms with Crippen molar-refractivity contribution in [3.8, 4) is 0 Å². The summed E-state index contributed by atoms with van der Waals surface area (Å²) in [4.78, 5) is 37.9. The Morgan fingerprint density at radius 3 is 2.45 bits per heavy atom. The minimum atomic E-state index is -0.522. The highest BCUT2D eigenvalue weighted by Crippen LogP contribution is 2.16. The summed E-state index contributed by atoms with van der Waals surface area (Å²) < 4.78 is 0. The lowest BCUT2D eigenvalue weighted by Gasteiger charge is -2.04. The number of rotatable bonds is 5. The Morgan fingerprint density at radius 2 is 1.86 bits per heavy atom. The predicted molar refractivity (Wildman–Crippen MR) is 83.7 cm³/mol. The standard InChI is InChI=1S/C14H14N4O3S/c1-8(19)16-14-18-11(7-22-14)6-12(20)17-10-4-2-9(3-5-10)13(15)21/h2-5,7H,6H2,1H3,(H2,15,21)(H,17,20)(H,16,18,19). The van der Waals surface area contributed by atoms with E-state index in [1.54, 1.807) is 17.5 Å². The van der Waals surface area contributed by atoms with Gasteiger partial charge in [-0.15, -0.1) is 11.3 Å². The fourth-order valence-electron chi connectivity index (χ4n) is 1.68. The average molecular weight is 318 g/mol. The van der Waals surface area contributed by atoms with E-state index in [2.05, 4.69) is 15.6 Å². The van der Waals surface area contributed by atoms with E-state index in [1.165, 1.54) is 30.4 Å². The first-order chi connectivity index (χ1) is 10.4. The molecular formula is C14H14N4O3S. The summed E-state index contributed by atoms with van der Waals surface area (Å²) >= 11 is 1.26. The normalized spacial score (nSPS) is 10.0. The van der Waals surface area contributed by atoms with E-state index in [1.807, 2.05) is 0 Å². The van der Waals surface area contributed by atoms with Crippen molar-refractivity contribution >= 4 is 39.9 Å². The van der Waals surface area contributed by atoms with Gasteiger partial charge in [0.2, 0.25) is 17.7 Å². The predicted octanol–water partition coefficient (Wildman–Crippen LogP) is 1.38. The van der Waals surface area contributed by atoms with Crippen molar-refractivity contribution in [3.63, 3.8) is 0 Å². The minimum absolute atomic E-state index is 0.0909. The number of nitrogens with two attached hydrogens (primary N) is 1. The molecule has 0 saturated carbocycles. The molecule has 0 radical (unpaired) electrons. The Labute approximate surface area is 130 Å². The van der Waals surface area contributed by atoms with E-state index >= 15 is 0 Å². The first kappa shape index (κ1) is 15.6. The molecule has 114 valence electrons. The molecule has 1 heterocycles. The first-order valence-corrected chi connectivity index (χ1v) is 7.23. The Hall–Kier alpha value is -2.74. The Balaban J connectivity index is 1.93. The molecule has 2 aromatic rings. The summed E-state index contributed by atoms with van der Waals surface area (Å²) in [5, 5.41) is 7.42. The number of carbonyl (C=O) groups excluding carboxylic acids is 3. The topological polar surface area (TPSA) is 114 Å². The fraction of sp³-hybridized carbons (Fsp3) is 0.143. The maximum Gasteiger partial charge on any atom is 0.248 e. The molecule has 7 nitrogen and oxygen atoms in total. The second kappa shape index (κ2) is 6.81. The Kier molecular flexibility index (Phi) is 4.84. The van der Waals surface area contributed by atoms with Crippen LogP contribution >= 0.6 is 11.3 Å². The van der Waals surface area contributed by atoms with Crippen LogP contribution in [0.3, 0.4) is 0 Å². The lowest BCUT2D eigenvalue weighted by atomic mass is 10.2. The third-order valence-electron chi connectivity index (χ3n) is 2.63. The van der Waals surface area contributed by atoms with Crippen LogP contribution in [0.15, 0.2) is 29.6 Å². The lowest BCUT2D eigenvalue weighted by molar-refractivity contribution is -0.116. The van der Waals surface area contributed by atoms with Crippen molar-refractivity contribution in [2.45, 2.75) is 13.3 Å². The smallest absolute Gasteiger partial charge is 0.248 e. The maximum absolute atomic E-state index is 11.9. The van der Waals surface area contributed by atoms with Crippen LogP contribution in [0.5, 0.6) is 0 Å². The van der Waals surface area contributed by atoms with Gasteiger partial charge in [0, 0.05) is 23.6 Å². The molecule has 0 aliphatic carbocycles. The van der Waals surface area contributed by atoms with Gasteiger partial charge in [0.05, 0.1) is 12.1 Å². The number of amides is 3. The molecule has 0 fully saturated rings. The van der Waals surface area contributed by atoms with E-state index in [0.717, 1.165) is 0 Å². The third kappa shape index (κ3) is 4.38. The number of aromatic nitrogens is 1. The number of hydrogen-bond donors (Lipinski definition) is 3. The highest BCUT2D eigenvalue weighted by Gasteiger charge is 2.09. The summed E-state index contributed by atoms with van der Waals surface area (Å²) in [6, 6.07) is 6.27. The van der Waals surface area contributed by atoms with Gasteiger partial charge in [-0.2, -0.15) is 0 Å². The number of anilines is 2. The van der Waals surface area contributed by atoms with E-state index in [-0.39, 0.29) is 18.2 Å². The summed E-state index contributed by atoms with van der Waals surface area (Å²) in [5.74, 6) is -0.975. The van der Waals surface area contributed by atoms with Gasteiger partial charge < -0.3 is 16.4 Å². The number of carbonyl (C=O) groups is 3. The molecule has 1 aromatic carbocycles. The number of hydrogen-bond acceptors (Lipinski definition) is 5. The Morgan fingerprint density at radius 1 is 1.18 bits per heavy atom. The molecule has 1 aromatic heterocycles. The molecule has 0 aliphatic heterocycles. The highest BCUT2D eigenvalue weighted by molar-refractivity contribution is 7.13. The SMILES string of the molecule is CC(=O)Nc1nc(CC(=O)Nc2ccc(C(N)=O)cc2)cs1. The quantitative estimate of drug-likeness (QED) is 0.772. The molecule has 0 spiro atoms. The van der Waals surface area contributed by atoms with Crippen LogP contribution in [0.1, 0.15) is 23.0 Å². The highest BCUT2D eigenvalue weighted by atomic mass is 32.1. The molecule has 22 heavy (non-hydrogen) atoms. The van der Waals surface area contributed by atoms with Gasteiger partial charge in [0.1, 0.15) is 0 Å². The second-order valence-electron chi connectivity index (χ2n) is 4.49. The van der Waals surface area contributed by atoms with E-state index < -0.39 is 5.91 Å². The van der Waals surface area contributed by atoms with Crippen LogP contribution in [0.2, 0.25) is 0 Å². The van der Waals surface area contributed by atoms with Crippen LogP contribution in [-0.2, 0) is 16.0 Å². The molecule has 0 aliphatic rings. The zero-order valence-corrected chi connectivity index (χ0v) is 12.6. The summed E-state index contributed by atoms with van der Waals surface area (Å²) in [7, 11) is 0. The van der Waals surface area contributed by atoms with E-state index in [0.29, 0.717) is 22.1 Å². The summed E-state index contributed by atoms with van der Waals surface area (Å²) in [6.07, 6.45) is 0.0909. The van der Waals surface area contributed by atoms with Gasteiger partial charge in [0.25, 0.3) is 0 Å². The molecule has 0 unspecified atom stereocenters. The molecule has 0 saturated heterocycles. The van der Waals surface area contributed by atoms with Crippen molar-refractivity contribution < 1.29 is 14.4 Å². The zero-order chi connectivity index (χ0) is 16.1. The van der Waals surface area contributed by atoms with Crippen molar-refractivity contribution in [1.82, 2.24) is 4.98 Å². The number of benzene rings is 1. The van der Waals surface area contributed by atoms with Gasteiger partial charge in [-0.3, -0.25) is 14.4 Å². The lowest BCUT2D eigenvalue weighted by Crippen LogP contribution is -2.15. The molecule has 0 bridgehead atoms. The van der Waals surface area contributed by atoms with Crippen LogP contribution < -0.4 is 16.4 Å². The van der Waals surface area contributed by atoms with Crippen molar-refractivity contribution in [3.05, 3.63) is 40.9 Å². The van der Waals surface area contributed by atoms with Gasteiger partial charge in [0.15, 0.2) is 5.13 Å². The minimum Gasteiger partial charge on any atom is -0.366 e. The average Bonchev–Trinajstić information content (AvgIpc) is 2.85. The number of nitrogens with one attached hydrogen (secondary N) is 2. The zero-order valence-electron chi connectivity index (χ0n) is 11.8. The van der Waals surface area contributed by atoms with E-state index in [9.17, 15) is 14.4 Å². The van der Waals surface area contributed by atoms with Gasteiger partial charge in [-0.05, 0) is 24.3 Å². The number of primary amides is 1. The van der Waals surface area contributed by atoms with Gasteiger partial charge in [-0.1, -0.05) is 0 Å². The first-order valence-electron chi connectivity index (χ1n) is 6.36. The van der Waals surface area contributed by atoms with Crippen molar-refractivity contribution in [2.24, 2.45) is 5.73 Å². The van der Waals surface area contributed by atoms with Crippen LogP contribution in [0.4, 0.5) is 10.8 Å². The van der Waals surface area contributed by atoms with E-state index in [4.69, 9.17) is 5.73 Å². The van der Waals surface area contributed by atoms with Crippen molar-refractivity contribution in [2.75, 3.05) is 10.6 Å². The van der Waals surface area contributed by atoms with Crippen LogP contribution in [-0.4, -0.2) is 22.7 Å². The maximum atomic E-state index is 11.9. The molecular weight excluding hydrogens is 304 g/mol. The second-order valence-corrected chi connectivity index (χ2v) is 5.35. The third-order valence-corrected chi connectivity index (χ3v) is 3.44. The molecule has 4 N–H and O–H groups in total. The van der Waals surface area contributed by atoms with Crippen molar-refractivity contribution in [1.29, 1.82) is 0 Å². The van der Waals surface area contributed by atoms with Gasteiger partial charge in [-0.25, -0.2) is 4.98 Å². The Bertz CT molecular complexity index is 709. The van der Waals surface area contributed by atoms with Crippen LogP contribution in [0.25, 0.3) is 0 Å². The fourth-order valence-corrected chi connectivity index (χ4v) is 2.44. The van der Waals surface area contributed by atoms with Crippen LogP contribution in [0, 0.1) is 0 Å². The molecule has 8 heteroatoms. The molecule has 0 atom stereocenters. The largest absolute Gasteiger partial charge is 0.366 e. The number of nitrogens with zero attached hydrogens (tertiary/aromatic N) is 1. The summed E-state index contributed by atoms with van der Waals surface area (Å²) in [6.45, 7) is 1.39. The number of thiazole rings is 1. The van der Waals surface area contributed by atoms with Gasteiger partial charge >= 0.3 is 0 Å². The summed E-state index contributed by atoms with van der Waals surface area (Å²) in [5.41, 5.74) is 6.65. The molecule has 3 amide bonds. The monoisotopic (exact) mass is 318 g/mol.